The summed E-state index contributed by atoms with van der Waals surface area (Å²) in [5.74, 6) is 2.16. The minimum atomic E-state index is -0.415. The van der Waals surface area contributed by atoms with Crippen LogP contribution in [0.5, 0.6) is 0 Å². The molecule has 0 bridgehead atoms. The largest absolute Gasteiger partial charge is 0.392 e. The molecule has 20 heavy (non-hydrogen) atoms. The first kappa shape index (κ1) is 14.5. The Morgan fingerprint density at radius 3 is 2.70 bits per heavy atom. The molecule has 6 heteroatoms. The monoisotopic (exact) mass is 276 g/mol. The summed E-state index contributed by atoms with van der Waals surface area (Å²) in [6, 6.07) is 3.71. The zero-order valence-electron chi connectivity index (χ0n) is 12.2. The van der Waals surface area contributed by atoms with Gasteiger partial charge in [-0.2, -0.15) is 4.98 Å². The Bertz CT molecular complexity index is 566. The molecule has 0 aliphatic carbocycles. The summed E-state index contributed by atoms with van der Waals surface area (Å²) < 4.78 is 5.27. The van der Waals surface area contributed by atoms with Crippen molar-refractivity contribution in [1.82, 2.24) is 15.1 Å². The average Bonchev–Trinajstić information content (AvgIpc) is 2.88. The molecule has 0 saturated heterocycles. The Kier molecular flexibility index (Phi) is 4.34. The average molecular weight is 276 g/mol. The van der Waals surface area contributed by atoms with Crippen molar-refractivity contribution in [2.24, 2.45) is 0 Å². The van der Waals surface area contributed by atoms with E-state index < -0.39 is 6.10 Å². The summed E-state index contributed by atoms with van der Waals surface area (Å²) in [6.07, 6.45) is 1.28. The van der Waals surface area contributed by atoms with Crippen LogP contribution in [0, 0.1) is 0 Å². The van der Waals surface area contributed by atoms with E-state index in [9.17, 15) is 5.11 Å². The molecule has 1 atom stereocenters. The van der Waals surface area contributed by atoms with Gasteiger partial charge in [-0.15, -0.1) is 0 Å². The minimum absolute atomic E-state index is 0.228. The Hall–Kier alpha value is -1.95. The topological polar surface area (TPSA) is 75.3 Å². The van der Waals surface area contributed by atoms with Crippen LogP contribution in [0.4, 0.5) is 5.82 Å². The number of hydrogen-bond acceptors (Lipinski definition) is 6. The lowest BCUT2D eigenvalue weighted by Gasteiger charge is -2.19. The van der Waals surface area contributed by atoms with Crippen LogP contribution < -0.4 is 4.90 Å². The first-order chi connectivity index (χ1) is 9.47. The molecule has 108 valence electrons. The summed E-state index contributed by atoms with van der Waals surface area (Å²) in [5, 5.41) is 13.4. The number of aromatic nitrogens is 3. The van der Waals surface area contributed by atoms with Gasteiger partial charge in [0.2, 0.25) is 0 Å². The Morgan fingerprint density at radius 1 is 1.35 bits per heavy atom. The van der Waals surface area contributed by atoms with E-state index in [4.69, 9.17) is 4.52 Å². The van der Waals surface area contributed by atoms with Gasteiger partial charge in [0.25, 0.3) is 5.89 Å². The maximum atomic E-state index is 9.42. The Balaban J connectivity index is 2.24. The van der Waals surface area contributed by atoms with E-state index in [1.807, 2.05) is 37.9 Å². The zero-order valence-corrected chi connectivity index (χ0v) is 12.2. The molecule has 0 spiro atoms. The number of aliphatic hydroxyl groups excluding tert-OH is 1. The lowest BCUT2D eigenvalue weighted by molar-refractivity contribution is 0.201. The van der Waals surface area contributed by atoms with E-state index in [0.717, 1.165) is 11.4 Å². The Morgan fingerprint density at radius 2 is 2.10 bits per heavy atom. The van der Waals surface area contributed by atoms with Gasteiger partial charge < -0.3 is 14.5 Å². The van der Waals surface area contributed by atoms with Crippen molar-refractivity contribution < 1.29 is 9.63 Å². The fourth-order valence-electron chi connectivity index (χ4n) is 1.84. The quantitative estimate of drug-likeness (QED) is 0.901. The highest BCUT2D eigenvalue weighted by Crippen LogP contribution is 2.22. The minimum Gasteiger partial charge on any atom is -0.392 e. The first-order valence-electron chi connectivity index (χ1n) is 6.66. The highest BCUT2D eigenvalue weighted by Gasteiger charge is 2.13. The molecular weight excluding hydrogens is 256 g/mol. The van der Waals surface area contributed by atoms with Crippen LogP contribution >= 0.6 is 0 Å². The second kappa shape index (κ2) is 6.00. The van der Waals surface area contributed by atoms with E-state index in [2.05, 4.69) is 15.1 Å². The van der Waals surface area contributed by atoms with Crippen LogP contribution in [0.2, 0.25) is 0 Å². The van der Waals surface area contributed by atoms with E-state index in [0.29, 0.717) is 18.3 Å². The number of likely N-dealkylation sites (N-methyl/N-ethyl adjacent to an activating group) is 1. The fraction of sp³-hybridized carbons (Fsp3) is 0.500. The molecule has 2 aromatic heterocycles. The molecule has 2 rings (SSSR count). The predicted molar refractivity (Wildman–Crippen MR) is 76.6 cm³/mol. The van der Waals surface area contributed by atoms with Gasteiger partial charge in [0.15, 0.2) is 5.82 Å². The second-order valence-corrected chi connectivity index (χ2v) is 5.24. The van der Waals surface area contributed by atoms with Gasteiger partial charge >= 0.3 is 0 Å². The lowest BCUT2D eigenvalue weighted by atomic mass is 10.2. The van der Waals surface area contributed by atoms with Gasteiger partial charge in [0.1, 0.15) is 5.82 Å². The predicted octanol–water partition coefficient (Wildman–Crippen LogP) is 2.07. The number of pyridine rings is 1. The highest BCUT2D eigenvalue weighted by molar-refractivity contribution is 5.58. The number of anilines is 1. The molecule has 2 heterocycles. The number of rotatable bonds is 5. The maximum Gasteiger partial charge on any atom is 0.258 e. The summed E-state index contributed by atoms with van der Waals surface area (Å²) in [5.41, 5.74) is 0.826. The van der Waals surface area contributed by atoms with Crippen LogP contribution in [0.25, 0.3) is 11.5 Å². The number of hydrogen-bond donors (Lipinski definition) is 1. The smallest absolute Gasteiger partial charge is 0.258 e. The van der Waals surface area contributed by atoms with Gasteiger partial charge in [-0.25, -0.2) is 4.98 Å². The van der Waals surface area contributed by atoms with Gasteiger partial charge in [-0.05, 0) is 19.1 Å². The lowest BCUT2D eigenvalue weighted by Crippen LogP contribution is -2.27. The third-order valence-electron chi connectivity index (χ3n) is 2.88. The van der Waals surface area contributed by atoms with Crippen molar-refractivity contribution in [3.05, 3.63) is 24.2 Å². The molecule has 0 aromatic carbocycles. The SMILES string of the molecule is CC(C)c1noc(-c2ccnc(N(C)C[C@H](C)O)c2)n1. The van der Waals surface area contributed by atoms with E-state index in [1.165, 1.54) is 0 Å². The molecule has 2 aromatic rings. The third-order valence-corrected chi connectivity index (χ3v) is 2.88. The molecule has 6 nitrogen and oxygen atoms in total. The molecule has 1 N–H and O–H groups in total. The van der Waals surface area contributed by atoms with Gasteiger partial charge in [-0.1, -0.05) is 19.0 Å². The molecular formula is C14H20N4O2. The molecule has 0 aliphatic heterocycles. The first-order valence-corrected chi connectivity index (χ1v) is 6.66. The summed E-state index contributed by atoms with van der Waals surface area (Å²) >= 11 is 0. The zero-order chi connectivity index (χ0) is 14.7. The van der Waals surface area contributed by atoms with Crippen molar-refractivity contribution >= 4 is 5.82 Å². The second-order valence-electron chi connectivity index (χ2n) is 5.24. The molecule has 0 unspecified atom stereocenters. The van der Waals surface area contributed by atoms with Crippen LogP contribution in [-0.4, -0.2) is 39.9 Å². The summed E-state index contributed by atoms with van der Waals surface area (Å²) in [7, 11) is 1.88. The standard InChI is InChI=1S/C14H20N4O2/c1-9(2)13-16-14(20-17-13)11-5-6-15-12(7-11)18(4)8-10(3)19/h5-7,9-10,19H,8H2,1-4H3/t10-/m0/s1. The van der Waals surface area contributed by atoms with Gasteiger partial charge in [0.05, 0.1) is 6.10 Å². The van der Waals surface area contributed by atoms with E-state index in [1.54, 1.807) is 13.1 Å². The number of aliphatic hydroxyl groups is 1. The van der Waals surface area contributed by atoms with Crippen LogP contribution in [0.3, 0.4) is 0 Å². The summed E-state index contributed by atoms with van der Waals surface area (Å²) in [4.78, 5) is 10.5. The van der Waals surface area contributed by atoms with Crippen molar-refractivity contribution in [2.75, 3.05) is 18.5 Å². The van der Waals surface area contributed by atoms with Crippen LogP contribution in [0.15, 0.2) is 22.9 Å². The molecule has 0 fully saturated rings. The van der Waals surface area contributed by atoms with Crippen molar-refractivity contribution in [2.45, 2.75) is 32.8 Å². The third kappa shape index (κ3) is 3.33. The highest BCUT2D eigenvalue weighted by atomic mass is 16.5. The maximum absolute atomic E-state index is 9.42. The van der Waals surface area contributed by atoms with E-state index >= 15 is 0 Å². The Labute approximate surface area is 118 Å². The molecule has 0 aliphatic rings. The van der Waals surface area contributed by atoms with Crippen molar-refractivity contribution in [1.29, 1.82) is 0 Å². The normalized spacial score (nSPS) is 12.7. The molecule has 0 amide bonds. The number of nitrogens with zero attached hydrogens (tertiary/aromatic N) is 4. The van der Waals surface area contributed by atoms with Crippen molar-refractivity contribution in [3.8, 4) is 11.5 Å². The molecule has 0 radical (unpaired) electrons. The van der Waals surface area contributed by atoms with Gasteiger partial charge in [-0.3, -0.25) is 0 Å². The van der Waals surface area contributed by atoms with Gasteiger partial charge in [0, 0.05) is 31.3 Å². The fourth-order valence-corrected chi connectivity index (χ4v) is 1.84. The van der Waals surface area contributed by atoms with Crippen LogP contribution in [0.1, 0.15) is 32.5 Å². The van der Waals surface area contributed by atoms with Crippen LogP contribution in [-0.2, 0) is 0 Å². The molecule has 0 saturated carbocycles. The summed E-state index contributed by atoms with van der Waals surface area (Å²) in [6.45, 7) is 6.29. The van der Waals surface area contributed by atoms with E-state index in [-0.39, 0.29) is 5.92 Å². The van der Waals surface area contributed by atoms with Crippen molar-refractivity contribution in [3.63, 3.8) is 0 Å².